The van der Waals surface area contributed by atoms with E-state index in [-0.39, 0.29) is 11.7 Å². The molecule has 0 amide bonds. The zero-order chi connectivity index (χ0) is 13.3. The van der Waals surface area contributed by atoms with Crippen molar-refractivity contribution in [1.29, 1.82) is 0 Å². The van der Waals surface area contributed by atoms with Gasteiger partial charge < -0.3 is 4.74 Å². The molecule has 1 atom stereocenters. The molecule has 1 aliphatic rings. The Morgan fingerprint density at radius 3 is 2.83 bits per heavy atom. The first-order valence-corrected chi connectivity index (χ1v) is 6.62. The van der Waals surface area contributed by atoms with E-state index in [0.717, 1.165) is 31.2 Å². The van der Waals surface area contributed by atoms with Gasteiger partial charge in [0.25, 0.3) is 0 Å². The van der Waals surface area contributed by atoms with Gasteiger partial charge in [0.1, 0.15) is 11.0 Å². The molecule has 1 saturated heterocycles. The van der Waals surface area contributed by atoms with Gasteiger partial charge in [-0.2, -0.15) is 0 Å². The fourth-order valence-corrected chi connectivity index (χ4v) is 2.82. The summed E-state index contributed by atoms with van der Waals surface area (Å²) in [5.74, 6) is 0.782. The average Bonchev–Trinajstić information content (AvgIpc) is 2.10. The van der Waals surface area contributed by atoms with Crippen LogP contribution < -0.4 is 0 Å². The largest absolute Gasteiger partial charge is 0.370 e. The molecule has 1 aromatic rings. The lowest BCUT2D eigenvalue weighted by Crippen LogP contribution is -2.51. The molecule has 1 aromatic heterocycles. The summed E-state index contributed by atoms with van der Waals surface area (Å²) >= 11 is 5.96. The molecule has 0 radical (unpaired) electrons. The molecule has 2 heterocycles. The van der Waals surface area contributed by atoms with E-state index >= 15 is 0 Å². The Hall–Kier alpha value is -0.710. The maximum atomic E-state index is 5.96. The van der Waals surface area contributed by atoms with Gasteiger partial charge in [0.15, 0.2) is 0 Å². The minimum Gasteiger partial charge on any atom is -0.370 e. The van der Waals surface area contributed by atoms with E-state index in [0.29, 0.717) is 5.15 Å². The third-order valence-corrected chi connectivity index (χ3v) is 3.07. The molecule has 0 aromatic carbocycles. The first kappa shape index (κ1) is 13.7. The lowest BCUT2D eigenvalue weighted by atomic mass is 10.1. The number of hydrogen-bond acceptors (Lipinski definition) is 4. The van der Waals surface area contributed by atoms with Crippen LogP contribution in [0, 0.1) is 6.92 Å². The third-order valence-electron chi connectivity index (χ3n) is 2.87. The van der Waals surface area contributed by atoms with Gasteiger partial charge in [-0.15, -0.1) is 0 Å². The number of ether oxygens (including phenoxy) is 1. The Kier molecular flexibility index (Phi) is 3.90. The van der Waals surface area contributed by atoms with Crippen LogP contribution in [0.25, 0.3) is 0 Å². The topological polar surface area (TPSA) is 38.2 Å². The summed E-state index contributed by atoms with van der Waals surface area (Å²) in [7, 11) is 0. The molecule has 0 N–H and O–H groups in total. The molecular formula is C13H20ClN3O. The van der Waals surface area contributed by atoms with Crippen molar-refractivity contribution < 1.29 is 4.74 Å². The van der Waals surface area contributed by atoms with Crippen LogP contribution in [-0.2, 0) is 11.3 Å². The summed E-state index contributed by atoms with van der Waals surface area (Å²) in [4.78, 5) is 11.0. The first-order chi connectivity index (χ1) is 8.34. The Morgan fingerprint density at radius 1 is 1.50 bits per heavy atom. The summed E-state index contributed by atoms with van der Waals surface area (Å²) in [6.07, 6.45) is 0.231. The highest BCUT2D eigenvalue weighted by atomic mass is 35.5. The number of nitrogens with zero attached hydrogens (tertiary/aromatic N) is 3. The van der Waals surface area contributed by atoms with Crippen LogP contribution in [0.1, 0.15) is 32.3 Å². The highest BCUT2D eigenvalue weighted by molar-refractivity contribution is 6.29. The van der Waals surface area contributed by atoms with Gasteiger partial charge in [-0.3, -0.25) is 4.90 Å². The number of rotatable bonds is 2. The number of aromatic nitrogens is 2. The molecule has 5 heteroatoms. The Labute approximate surface area is 113 Å². The van der Waals surface area contributed by atoms with Crippen molar-refractivity contribution in [3.8, 4) is 0 Å². The molecule has 0 aliphatic carbocycles. The van der Waals surface area contributed by atoms with Crippen molar-refractivity contribution in [2.75, 3.05) is 13.1 Å². The summed E-state index contributed by atoms with van der Waals surface area (Å²) in [5.41, 5.74) is 0.788. The number of aryl methyl sites for hydroxylation is 1. The third kappa shape index (κ3) is 3.64. The average molecular weight is 270 g/mol. The molecule has 4 nitrogen and oxygen atoms in total. The summed E-state index contributed by atoms with van der Waals surface area (Å²) < 4.78 is 5.88. The first-order valence-electron chi connectivity index (χ1n) is 6.24. The standard InChI is InChI=1S/C13H20ClN3O/c1-9-5-11(14)16-12(15-9)7-17-6-10(2)18-13(3,4)8-17/h5,10H,6-8H2,1-4H3. The fraction of sp³-hybridized carbons (Fsp3) is 0.692. The van der Waals surface area contributed by atoms with Crippen LogP contribution in [0.15, 0.2) is 6.07 Å². The van der Waals surface area contributed by atoms with Crippen LogP contribution >= 0.6 is 11.6 Å². The molecule has 18 heavy (non-hydrogen) atoms. The maximum Gasteiger partial charge on any atom is 0.144 e. The quantitative estimate of drug-likeness (QED) is 0.773. The second-order valence-corrected chi connectivity index (χ2v) is 5.99. The van der Waals surface area contributed by atoms with Crippen molar-refractivity contribution in [3.05, 3.63) is 22.7 Å². The zero-order valence-electron chi connectivity index (χ0n) is 11.4. The van der Waals surface area contributed by atoms with E-state index in [1.165, 1.54) is 0 Å². The monoisotopic (exact) mass is 269 g/mol. The molecule has 1 unspecified atom stereocenters. The molecule has 100 valence electrons. The molecule has 0 bridgehead atoms. The van der Waals surface area contributed by atoms with Crippen LogP contribution in [0.2, 0.25) is 5.15 Å². The highest BCUT2D eigenvalue weighted by Gasteiger charge is 2.31. The smallest absolute Gasteiger partial charge is 0.144 e. The molecule has 2 rings (SSSR count). The van der Waals surface area contributed by atoms with Crippen LogP contribution in [0.5, 0.6) is 0 Å². The van der Waals surface area contributed by atoms with Crippen LogP contribution in [-0.4, -0.2) is 39.7 Å². The van der Waals surface area contributed by atoms with E-state index in [1.807, 2.05) is 6.92 Å². The SMILES string of the molecule is Cc1cc(Cl)nc(CN2CC(C)OC(C)(C)C2)n1. The molecule has 1 fully saturated rings. The van der Waals surface area contributed by atoms with Gasteiger partial charge in [0.2, 0.25) is 0 Å². The normalized spacial score (nSPS) is 24.2. The number of hydrogen-bond donors (Lipinski definition) is 0. The number of halogens is 1. The predicted molar refractivity (Wildman–Crippen MR) is 71.7 cm³/mol. The van der Waals surface area contributed by atoms with Gasteiger partial charge in [-0.1, -0.05) is 11.6 Å². The second kappa shape index (κ2) is 5.11. The fourth-order valence-electron chi connectivity index (χ4n) is 2.57. The molecule has 0 saturated carbocycles. The van der Waals surface area contributed by atoms with Crippen molar-refractivity contribution in [2.45, 2.75) is 45.9 Å². The predicted octanol–water partition coefficient (Wildman–Crippen LogP) is 2.44. The Morgan fingerprint density at radius 2 is 2.22 bits per heavy atom. The minimum absolute atomic E-state index is 0.120. The highest BCUT2D eigenvalue weighted by Crippen LogP contribution is 2.21. The Bertz CT molecular complexity index is 416. The van der Waals surface area contributed by atoms with E-state index in [9.17, 15) is 0 Å². The molecule has 0 spiro atoms. The summed E-state index contributed by atoms with van der Waals surface area (Å²) in [6, 6.07) is 1.77. The molecule has 1 aliphatic heterocycles. The van der Waals surface area contributed by atoms with Crippen LogP contribution in [0.4, 0.5) is 0 Å². The number of morpholine rings is 1. The lowest BCUT2D eigenvalue weighted by molar-refractivity contribution is -0.131. The lowest BCUT2D eigenvalue weighted by Gasteiger charge is -2.41. The van der Waals surface area contributed by atoms with E-state index < -0.39 is 0 Å². The minimum atomic E-state index is -0.120. The molecular weight excluding hydrogens is 250 g/mol. The van der Waals surface area contributed by atoms with Crippen molar-refractivity contribution >= 4 is 11.6 Å². The van der Waals surface area contributed by atoms with Gasteiger partial charge in [0.05, 0.1) is 18.2 Å². The summed E-state index contributed by atoms with van der Waals surface area (Å²) in [5, 5.41) is 0.512. The van der Waals surface area contributed by atoms with Gasteiger partial charge in [-0.25, -0.2) is 9.97 Å². The van der Waals surface area contributed by atoms with Crippen molar-refractivity contribution in [2.24, 2.45) is 0 Å². The van der Waals surface area contributed by atoms with Gasteiger partial charge >= 0.3 is 0 Å². The maximum absolute atomic E-state index is 5.96. The van der Waals surface area contributed by atoms with E-state index in [1.54, 1.807) is 6.07 Å². The Balaban J connectivity index is 2.08. The second-order valence-electron chi connectivity index (χ2n) is 5.61. The zero-order valence-corrected chi connectivity index (χ0v) is 12.2. The van der Waals surface area contributed by atoms with E-state index in [2.05, 4.69) is 35.6 Å². The van der Waals surface area contributed by atoms with Gasteiger partial charge in [-0.05, 0) is 33.8 Å². The van der Waals surface area contributed by atoms with Gasteiger partial charge in [0, 0.05) is 18.8 Å². The summed E-state index contributed by atoms with van der Waals surface area (Å²) in [6.45, 7) is 10.8. The van der Waals surface area contributed by atoms with E-state index in [4.69, 9.17) is 16.3 Å². The van der Waals surface area contributed by atoms with Crippen molar-refractivity contribution in [1.82, 2.24) is 14.9 Å². The van der Waals surface area contributed by atoms with Crippen LogP contribution in [0.3, 0.4) is 0 Å². The van der Waals surface area contributed by atoms with Crippen molar-refractivity contribution in [3.63, 3.8) is 0 Å².